The number of ether oxygens (including phenoxy) is 1. The van der Waals surface area contributed by atoms with Gasteiger partial charge in [0.25, 0.3) is 0 Å². The molecule has 1 atom stereocenters. The van der Waals surface area contributed by atoms with Crippen molar-refractivity contribution in [2.24, 2.45) is 5.92 Å². The Hall–Kier alpha value is -0.370. The van der Waals surface area contributed by atoms with E-state index in [1.165, 1.54) is 25.7 Å². The molecule has 1 unspecified atom stereocenters. The molecular weight excluding hydrogens is 236 g/mol. The van der Waals surface area contributed by atoms with Crippen molar-refractivity contribution >= 4 is 5.78 Å². The summed E-state index contributed by atoms with van der Waals surface area (Å²) in [5, 5.41) is 0. The van der Waals surface area contributed by atoms with Crippen LogP contribution in [0, 0.1) is 5.92 Å². The van der Waals surface area contributed by atoms with Gasteiger partial charge in [0.05, 0.1) is 0 Å². The average molecular weight is 268 g/mol. The molecule has 0 spiro atoms. The Morgan fingerprint density at radius 1 is 1.16 bits per heavy atom. The zero-order valence-electron chi connectivity index (χ0n) is 13.2. The predicted octanol–water partition coefficient (Wildman–Crippen LogP) is 4.90. The molecule has 0 aromatic rings. The molecule has 0 amide bonds. The molecular formula is C17H32O2. The van der Waals surface area contributed by atoms with Crippen molar-refractivity contribution in [1.29, 1.82) is 0 Å². The molecule has 0 saturated heterocycles. The third-order valence-electron chi connectivity index (χ3n) is 4.61. The van der Waals surface area contributed by atoms with Gasteiger partial charge in [0.2, 0.25) is 0 Å². The predicted molar refractivity (Wildman–Crippen MR) is 80.4 cm³/mol. The van der Waals surface area contributed by atoms with Crippen molar-refractivity contribution in [3.8, 4) is 0 Å². The van der Waals surface area contributed by atoms with E-state index in [4.69, 9.17) is 4.74 Å². The van der Waals surface area contributed by atoms with E-state index in [0.717, 1.165) is 38.5 Å². The van der Waals surface area contributed by atoms with Gasteiger partial charge in [-0.25, -0.2) is 0 Å². The lowest BCUT2D eigenvalue weighted by Crippen LogP contribution is -2.44. The van der Waals surface area contributed by atoms with Gasteiger partial charge in [-0.2, -0.15) is 0 Å². The third-order valence-corrected chi connectivity index (χ3v) is 4.61. The number of unbranched alkanes of at least 4 members (excludes halogenated alkanes) is 1. The first kappa shape index (κ1) is 16.7. The number of carbonyl (C=O) groups excluding carboxylic acids is 1. The molecule has 0 aromatic heterocycles. The van der Waals surface area contributed by atoms with Crippen molar-refractivity contribution < 1.29 is 9.53 Å². The van der Waals surface area contributed by atoms with E-state index in [2.05, 4.69) is 13.8 Å². The van der Waals surface area contributed by atoms with Crippen LogP contribution in [0.25, 0.3) is 0 Å². The number of hydrogen-bond acceptors (Lipinski definition) is 2. The fourth-order valence-corrected chi connectivity index (χ4v) is 3.29. The SMILES string of the molecule is CCCCC(CC)CC(=O)C1(OCC)CCCCC1. The summed E-state index contributed by atoms with van der Waals surface area (Å²) in [5.41, 5.74) is -0.424. The minimum atomic E-state index is -0.424. The van der Waals surface area contributed by atoms with Crippen LogP contribution in [0.15, 0.2) is 0 Å². The van der Waals surface area contributed by atoms with Crippen LogP contribution in [0.5, 0.6) is 0 Å². The Morgan fingerprint density at radius 2 is 1.84 bits per heavy atom. The molecule has 0 N–H and O–H groups in total. The molecule has 0 bridgehead atoms. The Balaban J connectivity index is 2.60. The van der Waals surface area contributed by atoms with Crippen molar-refractivity contribution in [3.63, 3.8) is 0 Å². The molecule has 19 heavy (non-hydrogen) atoms. The van der Waals surface area contributed by atoms with Crippen LogP contribution >= 0.6 is 0 Å². The highest BCUT2D eigenvalue weighted by Gasteiger charge is 2.40. The highest BCUT2D eigenvalue weighted by molar-refractivity contribution is 5.87. The molecule has 0 heterocycles. The van der Waals surface area contributed by atoms with Crippen LogP contribution in [0.2, 0.25) is 0 Å². The maximum Gasteiger partial charge on any atom is 0.164 e. The average Bonchev–Trinajstić information content (AvgIpc) is 2.44. The molecule has 112 valence electrons. The Bertz CT molecular complexity index is 248. The number of rotatable bonds is 9. The van der Waals surface area contributed by atoms with E-state index >= 15 is 0 Å². The van der Waals surface area contributed by atoms with Crippen LogP contribution in [-0.4, -0.2) is 18.0 Å². The monoisotopic (exact) mass is 268 g/mol. The van der Waals surface area contributed by atoms with E-state index in [1.54, 1.807) is 0 Å². The van der Waals surface area contributed by atoms with Gasteiger partial charge >= 0.3 is 0 Å². The summed E-state index contributed by atoms with van der Waals surface area (Å²) < 4.78 is 5.93. The van der Waals surface area contributed by atoms with Crippen molar-refractivity contribution in [2.75, 3.05) is 6.61 Å². The van der Waals surface area contributed by atoms with E-state index < -0.39 is 5.60 Å². The highest BCUT2D eigenvalue weighted by Crippen LogP contribution is 2.35. The first-order valence-corrected chi connectivity index (χ1v) is 8.35. The second kappa shape index (κ2) is 8.73. The molecule has 1 rings (SSSR count). The lowest BCUT2D eigenvalue weighted by Gasteiger charge is -2.36. The van der Waals surface area contributed by atoms with Gasteiger partial charge in [-0.1, -0.05) is 58.8 Å². The van der Waals surface area contributed by atoms with Crippen LogP contribution in [0.1, 0.15) is 85.0 Å². The molecule has 2 heteroatoms. The number of carbonyl (C=O) groups is 1. The summed E-state index contributed by atoms with van der Waals surface area (Å²) in [4.78, 5) is 12.7. The van der Waals surface area contributed by atoms with Crippen LogP contribution in [0.4, 0.5) is 0 Å². The smallest absolute Gasteiger partial charge is 0.164 e. The van der Waals surface area contributed by atoms with Gasteiger partial charge in [0, 0.05) is 13.0 Å². The normalized spacial score (nSPS) is 20.2. The van der Waals surface area contributed by atoms with Gasteiger partial charge in [-0.05, 0) is 25.7 Å². The second-order valence-electron chi connectivity index (χ2n) is 6.03. The van der Waals surface area contributed by atoms with Gasteiger partial charge < -0.3 is 4.74 Å². The summed E-state index contributed by atoms with van der Waals surface area (Å²) in [6, 6.07) is 0. The van der Waals surface area contributed by atoms with Gasteiger partial charge in [0.1, 0.15) is 5.60 Å². The number of Topliss-reactive ketones (excluding diaryl/α,β-unsaturated/α-hetero) is 1. The van der Waals surface area contributed by atoms with Crippen molar-refractivity contribution in [3.05, 3.63) is 0 Å². The quantitative estimate of drug-likeness (QED) is 0.594. The number of ketones is 1. The Morgan fingerprint density at radius 3 is 2.37 bits per heavy atom. The van der Waals surface area contributed by atoms with Crippen molar-refractivity contribution in [1.82, 2.24) is 0 Å². The fraction of sp³-hybridized carbons (Fsp3) is 0.941. The first-order valence-electron chi connectivity index (χ1n) is 8.35. The van der Waals surface area contributed by atoms with E-state index in [-0.39, 0.29) is 0 Å². The molecule has 1 aliphatic rings. The maximum atomic E-state index is 12.7. The summed E-state index contributed by atoms with van der Waals surface area (Å²) >= 11 is 0. The number of hydrogen-bond donors (Lipinski definition) is 0. The molecule has 1 saturated carbocycles. The molecule has 1 fully saturated rings. The Kier molecular flexibility index (Phi) is 7.67. The fourth-order valence-electron chi connectivity index (χ4n) is 3.29. The lowest BCUT2D eigenvalue weighted by molar-refractivity contribution is -0.150. The van der Waals surface area contributed by atoms with Gasteiger partial charge in [-0.15, -0.1) is 0 Å². The highest BCUT2D eigenvalue weighted by atomic mass is 16.5. The Labute approximate surface area is 119 Å². The standard InChI is InChI=1S/C17H32O2/c1-4-7-11-15(5-2)14-16(18)17(19-6-3)12-9-8-10-13-17/h15H,4-14H2,1-3H3. The van der Waals surface area contributed by atoms with Gasteiger partial charge in [0.15, 0.2) is 5.78 Å². The van der Waals surface area contributed by atoms with Crippen LogP contribution < -0.4 is 0 Å². The topological polar surface area (TPSA) is 26.3 Å². The lowest BCUT2D eigenvalue weighted by atomic mass is 9.78. The first-order chi connectivity index (χ1) is 9.18. The summed E-state index contributed by atoms with van der Waals surface area (Å²) in [6.45, 7) is 7.11. The molecule has 1 aliphatic carbocycles. The van der Waals surface area contributed by atoms with E-state index in [1.807, 2.05) is 6.92 Å². The van der Waals surface area contributed by atoms with E-state index in [9.17, 15) is 4.79 Å². The van der Waals surface area contributed by atoms with Gasteiger partial charge in [-0.3, -0.25) is 4.79 Å². The van der Waals surface area contributed by atoms with Crippen molar-refractivity contribution in [2.45, 2.75) is 90.6 Å². The minimum Gasteiger partial charge on any atom is -0.368 e. The summed E-state index contributed by atoms with van der Waals surface area (Å²) in [6.07, 6.45) is 11.0. The molecule has 0 radical (unpaired) electrons. The van der Waals surface area contributed by atoms with Crippen LogP contribution in [0.3, 0.4) is 0 Å². The minimum absolute atomic E-state index is 0.386. The zero-order valence-corrected chi connectivity index (χ0v) is 13.2. The third kappa shape index (κ3) is 4.91. The van der Waals surface area contributed by atoms with E-state index in [0.29, 0.717) is 18.3 Å². The maximum absolute atomic E-state index is 12.7. The molecule has 0 aliphatic heterocycles. The van der Waals surface area contributed by atoms with Crippen LogP contribution in [-0.2, 0) is 9.53 Å². The summed E-state index contributed by atoms with van der Waals surface area (Å²) in [7, 11) is 0. The second-order valence-corrected chi connectivity index (χ2v) is 6.03. The molecule has 0 aromatic carbocycles. The molecule has 2 nitrogen and oxygen atoms in total. The zero-order chi connectivity index (χ0) is 14.1. The largest absolute Gasteiger partial charge is 0.368 e. The summed E-state index contributed by atoms with van der Waals surface area (Å²) in [5.74, 6) is 0.948.